The fourth-order valence-corrected chi connectivity index (χ4v) is 2.33. The third-order valence-corrected chi connectivity index (χ3v) is 3.43. The highest BCUT2D eigenvalue weighted by Gasteiger charge is 2.07. The van der Waals surface area contributed by atoms with E-state index in [-0.39, 0.29) is 0 Å². The van der Waals surface area contributed by atoms with E-state index in [0.29, 0.717) is 0 Å². The molecule has 0 aliphatic carbocycles. The van der Waals surface area contributed by atoms with Crippen molar-refractivity contribution in [1.29, 1.82) is 0 Å². The summed E-state index contributed by atoms with van der Waals surface area (Å²) in [5.41, 5.74) is 3.48. The van der Waals surface area contributed by atoms with Crippen LogP contribution in [0.15, 0.2) is 60.9 Å². The molecule has 2 aromatic carbocycles. The number of benzene rings is 2. The van der Waals surface area contributed by atoms with E-state index >= 15 is 0 Å². The number of rotatable bonds is 4. The van der Waals surface area contributed by atoms with Crippen molar-refractivity contribution >= 4 is 0 Å². The van der Waals surface area contributed by atoms with Crippen molar-refractivity contribution in [2.75, 3.05) is 0 Å². The molecule has 0 aliphatic heterocycles. The van der Waals surface area contributed by atoms with Gasteiger partial charge in [-0.05, 0) is 30.5 Å². The van der Waals surface area contributed by atoms with Crippen molar-refractivity contribution in [3.63, 3.8) is 0 Å². The normalized spacial score (nSPS) is 10.6. The summed E-state index contributed by atoms with van der Waals surface area (Å²) < 4.78 is 7.86. The molecule has 3 rings (SSSR count). The van der Waals surface area contributed by atoms with Gasteiger partial charge in [0.25, 0.3) is 0 Å². The number of aryl methyl sites for hydroxylation is 2. The molecule has 21 heavy (non-hydrogen) atoms. The second-order valence-corrected chi connectivity index (χ2v) is 5.18. The monoisotopic (exact) mass is 278 g/mol. The van der Waals surface area contributed by atoms with E-state index in [1.54, 1.807) is 6.20 Å². The summed E-state index contributed by atoms with van der Waals surface area (Å²) in [5.74, 6) is 1.68. The fraction of sp³-hybridized carbons (Fsp3) is 0.167. The molecule has 0 aliphatic rings. The van der Waals surface area contributed by atoms with Crippen LogP contribution >= 0.6 is 0 Å². The average molecular weight is 278 g/mol. The summed E-state index contributed by atoms with van der Waals surface area (Å²) in [6, 6.07) is 16.4. The number of nitrogens with zero attached hydrogens (tertiary/aromatic N) is 2. The van der Waals surface area contributed by atoms with Gasteiger partial charge in [-0.25, -0.2) is 0 Å². The summed E-state index contributed by atoms with van der Waals surface area (Å²) in [7, 11) is 0. The predicted molar refractivity (Wildman–Crippen MR) is 83.8 cm³/mol. The smallest absolute Gasteiger partial charge is 0.165 e. The molecule has 106 valence electrons. The van der Waals surface area contributed by atoms with E-state index in [2.05, 4.69) is 43.2 Å². The van der Waals surface area contributed by atoms with Gasteiger partial charge in [0, 0.05) is 0 Å². The predicted octanol–water partition coefficient (Wildman–Crippen LogP) is 4.34. The van der Waals surface area contributed by atoms with Crippen LogP contribution in [0.1, 0.15) is 16.7 Å². The van der Waals surface area contributed by atoms with E-state index in [1.165, 1.54) is 5.56 Å². The molecule has 0 bridgehead atoms. The van der Waals surface area contributed by atoms with Crippen molar-refractivity contribution in [2.45, 2.75) is 20.4 Å². The molecular weight excluding hydrogens is 260 g/mol. The number of aromatic nitrogens is 2. The van der Waals surface area contributed by atoms with E-state index in [9.17, 15) is 0 Å². The first-order chi connectivity index (χ1) is 10.2. The summed E-state index contributed by atoms with van der Waals surface area (Å²) in [4.78, 5) is 0. The Morgan fingerprint density at radius 2 is 1.67 bits per heavy atom. The minimum Gasteiger partial charge on any atom is -0.454 e. The lowest BCUT2D eigenvalue weighted by Crippen LogP contribution is -1.99. The molecule has 0 fully saturated rings. The molecule has 3 heteroatoms. The lowest BCUT2D eigenvalue weighted by atomic mass is 10.1. The Kier molecular flexibility index (Phi) is 3.73. The molecule has 0 N–H and O–H groups in total. The Balaban J connectivity index is 1.76. The van der Waals surface area contributed by atoms with Gasteiger partial charge in [-0.1, -0.05) is 48.5 Å². The van der Waals surface area contributed by atoms with Gasteiger partial charge >= 0.3 is 0 Å². The molecule has 3 nitrogen and oxygen atoms in total. The molecule has 0 saturated carbocycles. The summed E-state index contributed by atoms with van der Waals surface area (Å²) >= 11 is 0. The van der Waals surface area contributed by atoms with E-state index in [4.69, 9.17) is 4.74 Å². The summed E-state index contributed by atoms with van der Waals surface area (Å²) in [5, 5.41) is 4.36. The SMILES string of the molecule is Cc1cccc(C)c1Oc1cnn(Cc2ccccc2)c1. The third kappa shape index (κ3) is 3.14. The number of hydrogen-bond acceptors (Lipinski definition) is 2. The minimum atomic E-state index is 0.747. The van der Waals surface area contributed by atoms with E-state index in [1.807, 2.05) is 35.1 Å². The highest BCUT2D eigenvalue weighted by molar-refractivity contribution is 5.42. The Morgan fingerprint density at radius 1 is 0.952 bits per heavy atom. The van der Waals surface area contributed by atoms with Crippen LogP contribution in [0, 0.1) is 13.8 Å². The number of ether oxygens (including phenoxy) is 1. The van der Waals surface area contributed by atoms with E-state index in [0.717, 1.165) is 29.2 Å². The van der Waals surface area contributed by atoms with Crippen LogP contribution in [-0.2, 0) is 6.54 Å². The van der Waals surface area contributed by atoms with Gasteiger partial charge in [-0.15, -0.1) is 0 Å². The zero-order valence-electron chi connectivity index (χ0n) is 12.3. The van der Waals surface area contributed by atoms with Gasteiger partial charge < -0.3 is 4.74 Å². The maximum Gasteiger partial charge on any atom is 0.165 e. The van der Waals surface area contributed by atoms with Gasteiger partial charge in [0.1, 0.15) is 5.75 Å². The molecule has 3 aromatic rings. The molecule has 1 aromatic heterocycles. The Labute approximate surface area is 124 Å². The lowest BCUT2D eigenvalue weighted by molar-refractivity contribution is 0.474. The molecule has 0 atom stereocenters. The lowest BCUT2D eigenvalue weighted by Gasteiger charge is -2.09. The fourth-order valence-electron chi connectivity index (χ4n) is 2.33. The van der Waals surface area contributed by atoms with Crippen LogP contribution in [-0.4, -0.2) is 9.78 Å². The maximum atomic E-state index is 5.97. The van der Waals surface area contributed by atoms with E-state index < -0.39 is 0 Å². The molecule has 0 spiro atoms. The van der Waals surface area contributed by atoms with Gasteiger partial charge in [-0.2, -0.15) is 5.10 Å². The summed E-state index contributed by atoms with van der Waals surface area (Å²) in [6.07, 6.45) is 3.69. The van der Waals surface area contributed by atoms with Crippen LogP contribution in [0.5, 0.6) is 11.5 Å². The first kappa shape index (κ1) is 13.4. The topological polar surface area (TPSA) is 27.1 Å². The van der Waals surface area contributed by atoms with Crippen LogP contribution in [0.4, 0.5) is 0 Å². The maximum absolute atomic E-state index is 5.97. The highest BCUT2D eigenvalue weighted by atomic mass is 16.5. The van der Waals surface area contributed by atoms with Crippen LogP contribution in [0.25, 0.3) is 0 Å². The molecule has 1 heterocycles. The third-order valence-electron chi connectivity index (χ3n) is 3.43. The van der Waals surface area contributed by atoms with Crippen LogP contribution in [0.2, 0.25) is 0 Å². The second kappa shape index (κ2) is 5.83. The highest BCUT2D eigenvalue weighted by Crippen LogP contribution is 2.28. The zero-order valence-corrected chi connectivity index (χ0v) is 12.3. The first-order valence-corrected chi connectivity index (χ1v) is 7.03. The van der Waals surface area contributed by atoms with Crippen molar-refractivity contribution in [2.24, 2.45) is 0 Å². The first-order valence-electron chi connectivity index (χ1n) is 7.03. The Bertz CT molecular complexity index is 712. The van der Waals surface area contributed by atoms with Gasteiger partial charge in [-0.3, -0.25) is 4.68 Å². The van der Waals surface area contributed by atoms with Crippen LogP contribution in [0.3, 0.4) is 0 Å². The quantitative estimate of drug-likeness (QED) is 0.709. The Morgan fingerprint density at radius 3 is 2.38 bits per heavy atom. The summed E-state index contributed by atoms with van der Waals surface area (Å²) in [6.45, 7) is 4.85. The second-order valence-electron chi connectivity index (χ2n) is 5.18. The van der Waals surface area contributed by atoms with Gasteiger partial charge in [0.2, 0.25) is 0 Å². The van der Waals surface area contributed by atoms with Crippen molar-refractivity contribution in [3.05, 3.63) is 77.6 Å². The Hall–Kier alpha value is -2.55. The molecule has 0 radical (unpaired) electrons. The largest absolute Gasteiger partial charge is 0.454 e. The molecule has 0 unspecified atom stereocenters. The molecular formula is C18H18N2O. The van der Waals surface area contributed by atoms with Gasteiger partial charge in [0.15, 0.2) is 5.75 Å². The van der Waals surface area contributed by atoms with Gasteiger partial charge in [0.05, 0.1) is 18.9 Å². The zero-order chi connectivity index (χ0) is 14.7. The molecule has 0 saturated heterocycles. The minimum absolute atomic E-state index is 0.747. The standard InChI is InChI=1S/C18H18N2O/c1-14-7-6-8-15(2)18(14)21-17-11-19-20(13-17)12-16-9-4-3-5-10-16/h3-11,13H,12H2,1-2H3. The van der Waals surface area contributed by atoms with Crippen molar-refractivity contribution in [1.82, 2.24) is 9.78 Å². The number of hydrogen-bond donors (Lipinski definition) is 0. The molecule has 0 amide bonds. The van der Waals surface area contributed by atoms with Crippen molar-refractivity contribution < 1.29 is 4.74 Å². The van der Waals surface area contributed by atoms with Crippen LogP contribution < -0.4 is 4.74 Å². The number of para-hydroxylation sites is 1. The average Bonchev–Trinajstić information content (AvgIpc) is 2.91. The van der Waals surface area contributed by atoms with Crippen molar-refractivity contribution in [3.8, 4) is 11.5 Å².